The number of nitrogens with zero attached hydrogens (tertiary/aromatic N) is 3. The van der Waals surface area contributed by atoms with Gasteiger partial charge in [0.05, 0.1) is 24.2 Å². The van der Waals surface area contributed by atoms with E-state index in [-0.39, 0.29) is 6.23 Å². The van der Waals surface area contributed by atoms with Gasteiger partial charge in [-0.3, -0.25) is 4.98 Å². The van der Waals surface area contributed by atoms with Crippen LogP contribution in [0.1, 0.15) is 25.5 Å². The predicted molar refractivity (Wildman–Crippen MR) is 86.2 cm³/mol. The highest BCUT2D eigenvalue weighted by molar-refractivity contribution is 5.54. The molecule has 4 rings (SSSR count). The van der Waals surface area contributed by atoms with Gasteiger partial charge in [0.1, 0.15) is 5.75 Å². The van der Waals surface area contributed by atoms with Crippen molar-refractivity contribution in [3.05, 3.63) is 30.6 Å². The Bertz CT molecular complexity index is 630. The molecule has 0 bridgehead atoms. The molecule has 0 amide bonds. The molecule has 23 heavy (non-hydrogen) atoms. The summed E-state index contributed by atoms with van der Waals surface area (Å²) in [4.78, 5) is 4.54. The van der Waals surface area contributed by atoms with Crippen molar-refractivity contribution in [2.75, 3.05) is 26.3 Å². The molecule has 2 saturated heterocycles. The average molecular weight is 314 g/mol. The lowest BCUT2D eigenvalue weighted by atomic mass is 10.1. The molecule has 1 atom stereocenters. The van der Waals surface area contributed by atoms with Gasteiger partial charge in [-0.2, -0.15) is 5.10 Å². The van der Waals surface area contributed by atoms with Crippen molar-refractivity contribution >= 4 is 0 Å². The molecule has 2 aromatic rings. The normalized spacial score (nSPS) is 21.8. The first-order chi connectivity index (χ1) is 11.4. The third kappa shape index (κ3) is 3.23. The molecule has 4 heterocycles. The Kier molecular flexibility index (Phi) is 4.26. The molecular weight excluding hydrogens is 292 g/mol. The maximum atomic E-state index is 5.83. The van der Waals surface area contributed by atoms with Gasteiger partial charge in [0, 0.05) is 31.8 Å². The molecule has 2 aliphatic heterocycles. The second kappa shape index (κ2) is 6.68. The lowest BCUT2D eigenvalue weighted by Gasteiger charge is -2.26. The van der Waals surface area contributed by atoms with Gasteiger partial charge in [0.15, 0.2) is 6.23 Å². The molecule has 2 aliphatic rings. The van der Waals surface area contributed by atoms with Gasteiger partial charge in [-0.15, -0.1) is 0 Å². The highest BCUT2D eigenvalue weighted by Gasteiger charge is 2.20. The van der Waals surface area contributed by atoms with E-state index in [1.807, 2.05) is 29.1 Å². The smallest absolute Gasteiger partial charge is 0.150 e. The lowest BCUT2D eigenvalue weighted by Crippen LogP contribution is -2.45. The minimum atomic E-state index is 0.0255. The Morgan fingerprint density at radius 3 is 2.91 bits per heavy atom. The zero-order valence-corrected chi connectivity index (χ0v) is 13.1. The largest absolute Gasteiger partial charge is 0.492 e. The van der Waals surface area contributed by atoms with Crippen LogP contribution in [0.4, 0.5) is 0 Å². The van der Waals surface area contributed by atoms with Crippen LogP contribution < -0.4 is 10.1 Å². The number of pyridine rings is 1. The fourth-order valence-electron chi connectivity index (χ4n) is 2.96. The Hall–Kier alpha value is -1.92. The molecule has 0 aromatic carbocycles. The fourth-order valence-corrected chi connectivity index (χ4v) is 2.96. The summed E-state index contributed by atoms with van der Waals surface area (Å²) in [7, 11) is 0. The molecule has 6 heteroatoms. The lowest BCUT2D eigenvalue weighted by molar-refractivity contribution is -0.0384. The zero-order chi connectivity index (χ0) is 15.5. The summed E-state index contributed by atoms with van der Waals surface area (Å²) in [6, 6.07) is 5.96. The second-order valence-electron chi connectivity index (χ2n) is 6.20. The average Bonchev–Trinajstić information content (AvgIpc) is 3.04. The maximum Gasteiger partial charge on any atom is 0.150 e. The van der Waals surface area contributed by atoms with Crippen LogP contribution in [-0.2, 0) is 4.74 Å². The molecule has 0 radical (unpaired) electrons. The van der Waals surface area contributed by atoms with Crippen molar-refractivity contribution in [3.63, 3.8) is 0 Å². The third-order valence-electron chi connectivity index (χ3n) is 4.45. The van der Waals surface area contributed by atoms with E-state index in [9.17, 15) is 0 Å². The predicted octanol–water partition coefficient (Wildman–Crippen LogP) is 2.24. The number of hydrogen-bond acceptors (Lipinski definition) is 5. The topological polar surface area (TPSA) is 61.2 Å². The van der Waals surface area contributed by atoms with Crippen molar-refractivity contribution < 1.29 is 9.47 Å². The van der Waals surface area contributed by atoms with Crippen LogP contribution in [0, 0.1) is 5.92 Å². The fraction of sp³-hybridized carbons (Fsp3) is 0.529. The first-order valence-electron chi connectivity index (χ1n) is 8.35. The monoisotopic (exact) mass is 314 g/mol. The summed E-state index contributed by atoms with van der Waals surface area (Å²) in [5.41, 5.74) is 1.89. The molecule has 0 spiro atoms. The molecule has 6 nitrogen and oxygen atoms in total. The third-order valence-corrected chi connectivity index (χ3v) is 4.45. The molecule has 1 N–H and O–H groups in total. The second-order valence-corrected chi connectivity index (χ2v) is 6.20. The van der Waals surface area contributed by atoms with Crippen molar-refractivity contribution in [2.24, 2.45) is 5.92 Å². The molecular formula is C17H22N4O2. The van der Waals surface area contributed by atoms with Crippen LogP contribution in [0.15, 0.2) is 30.6 Å². The summed E-state index contributed by atoms with van der Waals surface area (Å²) < 4.78 is 13.6. The van der Waals surface area contributed by atoms with Gasteiger partial charge in [-0.05, 0) is 37.5 Å². The molecule has 122 valence electrons. The summed E-state index contributed by atoms with van der Waals surface area (Å²) in [5.74, 6) is 1.44. The Morgan fingerprint density at radius 2 is 2.22 bits per heavy atom. The molecule has 0 saturated carbocycles. The van der Waals surface area contributed by atoms with Crippen LogP contribution in [0.2, 0.25) is 0 Å². The maximum absolute atomic E-state index is 5.83. The van der Waals surface area contributed by atoms with Crippen LogP contribution in [0.3, 0.4) is 0 Å². The van der Waals surface area contributed by atoms with E-state index in [4.69, 9.17) is 9.47 Å². The molecule has 1 unspecified atom stereocenters. The summed E-state index contributed by atoms with van der Waals surface area (Å²) in [6.45, 7) is 3.65. The molecule has 2 fully saturated rings. The van der Waals surface area contributed by atoms with E-state index in [1.54, 1.807) is 6.20 Å². The van der Waals surface area contributed by atoms with E-state index in [1.165, 1.54) is 6.42 Å². The quantitative estimate of drug-likeness (QED) is 0.917. The van der Waals surface area contributed by atoms with E-state index in [0.717, 1.165) is 56.3 Å². The van der Waals surface area contributed by atoms with Crippen molar-refractivity contribution in [1.29, 1.82) is 0 Å². The Balaban J connectivity index is 1.46. The van der Waals surface area contributed by atoms with Crippen LogP contribution in [0.25, 0.3) is 11.4 Å². The first kappa shape index (κ1) is 14.7. The number of aromatic nitrogens is 3. The number of rotatable bonds is 5. The van der Waals surface area contributed by atoms with E-state index in [2.05, 4.69) is 15.4 Å². The highest BCUT2D eigenvalue weighted by atomic mass is 16.5. The van der Waals surface area contributed by atoms with E-state index < -0.39 is 0 Å². The number of hydrogen-bond donors (Lipinski definition) is 1. The summed E-state index contributed by atoms with van der Waals surface area (Å²) >= 11 is 0. The molecule has 0 aliphatic carbocycles. The van der Waals surface area contributed by atoms with Crippen molar-refractivity contribution in [2.45, 2.75) is 25.5 Å². The summed E-state index contributed by atoms with van der Waals surface area (Å²) in [5, 5.41) is 7.68. The van der Waals surface area contributed by atoms with Gasteiger partial charge < -0.3 is 14.8 Å². The van der Waals surface area contributed by atoms with Gasteiger partial charge in [0.2, 0.25) is 0 Å². The summed E-state index contributed by atoms with van der Waals surface area (Å²) in [6.07, 6.45) is 6.95. The van der Waals surface area contributed by atoms with E-state index >= 15 is 0 Å². The number of nitrogens with one attached hydrogen (secondary N) is 1. The minimum absolute atomic E-state index is 0.0255. The van der Waals surface area contributed by atoms with Gasteiger partial charge >= 0.3 is 0 Å². The minimum Gasteiger partial charge on any atom is -0.492 e. The van der Waals surface area contributed by atoms with Gasteiger partial charge in [0.25, 0.3) is 0 Å². The van der Waals surface area contributed by atoms with Crippen molar-refractivity contribution in [1.82, 2.24) is 20.1 Å². The van der Waals surface area contributed by atoms with Crippen LogP contribution in [0.5, 0.6) is 5.75 Å². The standard InChI is InChI=1S/C17H22N4O2/c1-2-8-22-17(3-1)21-16(6-7-20-21)15-5-4-14(11-19-15)23-12-13-9-18-10-13/h4-7,11,13,17-18H,1-3,8-10,12H2. The van der Waals surface area contributed by atoms with Gasteiger partial charge in [-0.1, -0.05) is 0 Å². The van der Waals surface area contributed by atoms with Crippen LogP contribution >= 0.6 is 0 Å². The highest BCUT2D eigenvalue weighted by Crippen LogP contribution is 2.27. The SMILES string of the molecule is c1cc(-c2ccc(OCC3CNC3)cn2)n(C2CCCCO2)n1. The van der Waals surface area contributed by atoms with E-state index in [0.29, 0.717) is 5.92 Å². The number of ether oxygens (including phenoxy) is 2. The Labute approximate surface area is 135 Å². The Morgan fingerprint density at radius 1 is 1.26 bits per heavy atom. The molecule has 2 aromatic heterocycles. The zero-order valence-electron chi connectivity index (χ0n) is 13.1. The first-order valence-corrected chi connectivity index (χ1v) is 8.35. The van der Waals surface area contributed by atoms with Crippen LogP contribution in [-0.4, -0.2) is 41.1 Å². The van der Waals surface area contributed by atoms with Crippen molar-refractivity contribution in [3.8, 4) is 17.1 Å². The van der Waals surface area contributed by atoms with Gasteiger partial charge in [-0.25, -0.2) is 4.68 Å².